The maximum Gasteiger partial charge on any atom is 0.182 e. The van der Waals surface area contributed by atoms with Crippen molar-refractivity contribution in [2.24, 2.45) is 11.1 Å². The average molecular weight is 380 g/mol. The van der Waals surface area contributed by atoms with E-state index in [1.807, 2.05) is 31.2 Å². The van der Waals surface area contributed by atoms with E-state index in [9.17, 15) is 8.42 Å². The fraction of sp³-hybridized carbons (Fsp3) is 0.368. The van der Waals surface area contributed by atoms with Gasteiger partial charge in [-0.1, -0.05) is 41.4 Å². The molecule has 0 heterocycles. The number of rotatable bonds is 6. The van der Waals surface area contributed by atoms with Crippen LogP contribution in [0.5, 0.6) is 0 Å². The first kappa shape index (κ1) is 18.4. The Kier molecular flexibility index (Phi) is 4.95. The Labute approximate surface area is 153 Å². The zero-order valence-corrected chi connectivity index (χ0v) is 15.8. The molecule has 0 radical (unpaired) electrons. The monoisotopic (exact) mass is 379 g/mol. The number of benzene rings is 2. The normalized spacial score (nSPS) is 25.8. The minimum Gasteiger partial charge on any atom is -0.384 e. The molecule has 0 saturated heterocycles. The van der Waals surface area contributed by atoms with Gasteiger partial charge in [-0.2, -0.15) is 0 Å². The zero-order chi connectivity index (χ0) is 18.2. The van der Waals surface area contributed by atoms with Gasteiger partial charge in [0.25, 0.3) is 0 Å². The van der Waals surface area contributed by atoms with Crippen molar-refractivity contribution in [3.05, 3.63) is 64.7 Å². The van der Waals surface area contributed by atoms with Crippen LogP contribution in [0.15, 0.2) is 53.4 Å². The Bertz CT molecular complexity index is 849. The van der Waals surface area contributed by atoms with E-state index < -0.39 is 20.5 Å². The fourth-order valence-electron chi connectivity index (χ4n) is 3.74. The standard InChI is InChI=1S/C19H22ClNO3S/c1-13-3-9-16(10-4-13)25(22,23)18-17(19(18,11-21)12-24-2)14-5-7-15(20)8-6-14/h3-10,17-18H,11-12,21H2,1-2H3/t17-,18+,19-/m1/s1. The second kappa shape index (κ2) is 6.72. The van der Waals surface area contributed by atoms with Crippen LogP contribution < -0.4 is 5.73 Å². The van der Waals surface area contributed by atoms with Gasteiger partial charge in [0.1, 0.15) is 0 Å². The molecular weight excluding hydrogens is 358 g/mol. The van der Waals surface area contributed by atoms with E-state index in [-0.39, 0.29) is 12.5 Å². The van der Waals surface area contributed by atoms with Crippen LogP contribution in [0.2, 0.25) is 5.02 Å². The molecule has 134 valence electrons. The summed E-state index contributed by atoms with van der Waals surface area (Å²) in [7, 11) is -1.95. The quantitative estimate of drug-likeness (QED) is 0.836. The number of halogens is 1. The van der Waals surface area contributed by atoms with E-state index in [2.05, 4.69) is 0 Å². The van der Waals surface area contributed by atoms with Gasteiger partial charge in [0.2, 0.25) is 0 Å². The van der Waals surface area contributed by atoms with Crippen molar-refractivity contribution in [2.75, 3.05) is 20.3 Å². The van der Waals surface area contributed by atoms with Gasteiger partial charge in [0.05, 0.1) is 16.8 Å². The lowest BCUT2D eigenvalue weighted by molar-refractivity contribution is 0.142. The molecule has 1 fully saturated rings. The van der Waals surface area contributed by atoms with Crippen LogP contribution in [-0.4, -0.2) is 33.9 Å². The Morgan fingerprint density at radius 3 is 2.24 bits per heavy atom. The lowest BCUT2D eigenvalue weighted by Crippen LogP contribution is -2.28. The minimum absolute atomic E-state index is 0.207. The van der Waals surface area contributed by atoms with Crippen LogP contribution in [0.25, 0.3) is 0 Å². The zero-order valence-electron chi connectivity index (χ0n) is 14.3. The van der Waals surface area contributed by atoms with Crippen LogP contribution in [0.3, 0.4) is 0 Å². The summed E-state index contributed by atoms with van der Waals surface area (Å²) in [4.78, 5) is 0.327. The summed E-state index contributed by atoms with van der Waals surface area (Å²) < 4.78 is 31.9. The van der Waals surface area contributed by atoms with E-state index in [1.165, 1.54) is 0 Å². The third-order valence-corrected chi connectivity index (χ3v) is 7.68. The molecule has 0 bridgehead atoms. The highest BCUT2D eigenvalue weighted by molar-refractivity contribution is 7.92. The van der Waals surface area contributed by atoms with E-state index in [1.54, 1.807) is 31.4 Å². The summed E-state index contributed by atoms with van der Waals surface area (Å²) in [5, 5.41) is 0.0151. The molecule has 1 saturated carbocycles. The van der Waals surface area contributed by atoms with E-state index in [4.69, 9.17) is 22.1 Å². The average Bonchev–Trinajstić information content (AvgIpc) is 3.26. The van der Waals surface area contributed by atoms with Gasteiger partial charge in [-0.05, 0) is 36.8 Å². The molecule has 4 nitrogen and oxygen atoms in total. The lowest BCUT2D eigenvalue weighted by Gasteiger charge is -2.15. The van der Waals surface area contributed by atoms with Gasteiger partial charge in [-0.3, -0.25) is 0 Å². The van der Waals surface area contributed by atoms with Crippen LogP contribution >= 0.6 is 11.6 Å². The van der Waals surface area contributed by atoms with Gasteiger partial charge in [-0.25, -0.2) is 8.42 Å². The number of nitrogens with two attached hydrogens (primary N) is 1. The topological polar surface area (TPSA) is 69.4 Å². The van der Waals surface area contributed by atoms with Crippen molar-refractivity contribution in [1.82, 2.24) is 0 Å². The van der Waals surface area contributed by atoms with Gasteiger partial charge < -0.3 is 10.5 Å². The summed E-state index contributed by atoms with van der Waals surface area (Å²) in [6.07, 6.45) is 0. The first-order valence-electron chi connectivity index (χ1n) is 8.12. The van der Waals surface area contributed by atoms with Crippen molar-refractivity contribution < 1.29 is 13.2 Å². The molecule has 6 heteroatoms. The van der Waals surface area contributed by atoms with E-state index in [0.717, 1.165) is 11.1 Å². The number of aryl methyl sites for hydroxylation is 1. The summed E-state index contributed by atoms with van der Waals surface area (Å²) in [5.41, 5.74) is 7.36. The molecule has 2 N–H and O–H groups in total. The smallest absolute Gasteiger partial charge is 0.182 e. The molecule has 0 amide bonds. The number of methoxy groups -OCH3 is 1. The van der Waals surface area contributed by atoms with E-state index in [0.29, 0.717) is 16.5 Å². The molecule has 0 aromatic heterocycles. The SMILES string of the molecule is COC[C@]1(CN)[C@H](c2ccc(Cl)cc2)[C@@H]1S(=O)(=O)c1ccc(C)cc1. The third-order valence-electron chi connectivity index (χ3n) is 5.09. The molecule has 2 aromatic carbocycles. The second-order valence-corrected chi connectivity index (χ2v) is 9.18. The number of sulfone groups is 1. The third kappa shape index (κ3) is 3.10. The predicted molar refractivity (Wildman–Crippen MR) is 99.7 cm³/mol. The summed E-state index contributed by atoms with van der Waals surface area (Å²) >= 11 is 5.97. The second-order valence-electron chi connectivity index (χ2n) is 6.68. The lowest BCUT2D eigenvalue weighted by atomic mass is 10.0. The summed E-state index contributed by atoms with van der Waals surface area (Å²) in [6.45, 7) is 2.47. The largest absolute Gasteiger partial charge is 0.384 e. The minimum atomic E-state index is -3.52. The van der Waals surface area contributed by atoms with Gasteiger partial charge in [0, 0.05) is 30.0 Å². The maximum atomic E-state index is 13.3. The van der Waals surface area contributed by atoms with Gasteiger partial charge >= 0.3 is 0 Å². The van der Waals surface area contributed by atoms with Crippen molar-refractivity contribution in [1.29, 1.82) is 0 Å². The number of ether oxygens (including phenoxy) is 1. The molecular formula is C19H22ClNO3S. The molecule has 1 aliphatic carbocycles. The number of hydrogen-bond acceptors (Lipinski definition) is 4. The van der Waals surface area contributed by atoms with E-state index >= 15 is 0 Å². The Morgan fingerprint density at radius 1 is 1.12 bits per heavy atom. The van der Waals surface area contributed by atoms with Crippen molar-refractivity contribution in [2.45, 2.75) is 23.0 Å². The fourth-order valence-corrected chi connectivity index (χ4v) is 6.31. The van der Waals surface area contributed by atoms with Crippen LogP contribution in [0, 0.1) is 12.3 Å². The first-order valence-corrected chi connectivity index (χ1v) is 10.0. The molecule has 0 unspecified atom stereocenters. The molecule has 1 aliphatic rings. The molecule has 0 aliphatic heterocycles. The van der Waals surface area contributed by atoms with Crippen molar-refractivity contribution in [3.8, 4) is 0 Å². The highest BCUT2D eigenvalue weighted by Crippen LogP contribution is 2.63. The first-order chi connectivity index (χ1) is 11.9. The maximum absolute atomic E-state index is 13.3. The summed E-state index contributed by atoms with van der Waals surface area (Å²) in [5.74, 6) is -0.207. The Hall–Kier alpha value is -1.40. The predicted octanol–water partition coefficient (Wildman–Crippen LogP) is 3.18. The summed E-state index contributed by atoms with van der Waals surface area (Å²) in [6, 6.07) is 14.2. The van der Waals surface area contributed by atoms with Crippen molar-refractivity contribution >= 4 is 21.4 Å². The Morgan fingerprint density at radius 2 is 1.72 bits per heavy atom. The van der Waals surface area contributed by atoms with Crippen LogP contribution in [0.1, 0.15) is 17.0 Å². The van der Waals surface area contributed by atoms with Gasteiger partial charge in [-0.15, -0.1) is 0 Å². The van der Waals surface area contributed by atoms with Crippen LogP contribution in [0.4, 0.5) is 0 Å². The molecule has 25 heavy (non-hydrogen) atoms. The Balaban J connectivity index is 2.05. The van der Waals surface area contributed by atoms with Crippen molar-refractivity contribution in [3.63, 3.8) is 0 Å². The number of hydrogen-bond donors (Lipinski definition) is 1. The molecule has 3 atom stereocenters. The highest BCUT2D eigenvalue weighted by atomic mass is 35.5. The van der Waals surface area contributed by atoms with Gasteiger partial charge in [0.15, 0.2) is 9.84 Å². The van der Waals surface area contributed by atoms with Crippen LogP contribution in [-0.2, 0) is 14.6 Å². The molecule has 2 aromatic rings. The molecule has 3 rings (SSSR count). The molecule has 0 spiro atoms. The highest BCUT2D eigenvalue weighted by Gasteiger charge is 2.70.